The third-order valence-electron chi connectivity index (χ3n) is 2.62. The van der Waals surface area contributed by atoms with Crippen LogP contribution in [-0.4, -0.2) is 18.8 Å². The molecule has 0 rings (SSSR count). The van der Waals surface area contributed by atoms with E-state index in [2.05, 4.69) is 11.7 Å². The Morgan fingerprint density at radius 1 is 1.06 bits per heavy atom. The van der Waals surface area contributed by atoms with Crippen LogP contribution in [0.2, 0.25) is 0 Å². The summed E-state index contributed by atoms with van der Waals surface area (Å²) in [6.07, 6.45) is 12.3. The van der Waals surface area contributed by atoms with Gasteiger partial charge in [-0.2, -0.15) is 0 Å². The lowest BCUT2D eigenvalue weighted by atomic mass is 10.1. The highest BCUT2D eigenvalue weighted by atomic mass is 32.2. The summed E-state index contributed by atoms with van der Waals surface area (Å²) in [5.41, 5.74) is 0. The average molecular weight is 258 g/mol. The number of esters is 1. The quantitative estimate of drug-likeness (QED) is 0.309. The number of carbonyl (C=O) groups excluding carboxylic acids is 1. The number of methoxy groups -OCH3 is 1. The standard InChI is InChI=1S/C14H26O2S/c1-3-4-5-6-7-8-9-10-12-17-13-11-14(15)16-2/h11,13H,3-10,12H2,1-2H3/b13-11+. The van der Waals surface area contributed by atoms with Crippen molar-refractivity contribution in [2.75, 3.05) is 12.9 Å². The van der Waals surface area contributed by atoms with Crippen molar-refractivity contribution >= 4 is 17.7 Å². The van der Waals surface area contributed by atoms with Crippen molar-refractivity contribution in [3.63, 3.8) is 0 Å². The summed E-state index contributed by atoms with van der Waals surface area (Å²) >= 11 is 1.69. The van der Waals surface area contributed by atoms with Gasteiger partial charge in [-0.15, -0.1) is 11.8 Å². The first-order valence-corrected chi connectivity index (χ1v) is 7.72. The van der Waals surface area contributed by atoms with Gasteiger partial charge in [-0.05, 0) is 17.6 Å². The van der Waals surface area contributed by atoms with E-state index in [-0.39, 0.29) is 5.97 Å². The minimum absolute atomic E-state index is 0.270. The van der Waals surface area contributed by atoms with Gasteiger partial charge in [-0.3, -0.25) is 0 Å². The van der Waals surface area contributed by atoms with Crippen LogP contribution in [0, 0.1) is 0 Å². The van der Waals surface area contributed by atoms with Crippen molar-refractivity contribution in [1.82, 2.24) is 0 Å². The van der Waals surface area contributed by atoms with Crippen LogP contribution >= 0.6 is 11.8 Å². The molecule has 17 heavy (non-hydrogen) atoms. The molecule has 0 fully saturated rings. The predicted octanol–water partition coefficient (Wildman–Crippen LogP) is 4.55. The van der Waals surface area contributed by atoms with Gasteiger partial charge in [0, 0.05) is 6.08 Å². The summed E-state index contributed by atoms with van der Waals surface area (Å²) < 4.78 is 4.50. The van der Waals surface area contributed by atoms with E-state index in [1.807, 2.05) is 5.41 Å². The van der Waals surface area contributed by atoms with Crippen molar-refractivity contribution in [3.8, 4) is 0 Å². The maximum Gasteiger partial charge on any atom is 0.330 e. The Balaban J connectivity index is 3.08. The molecule has 0 spiro atoms. The molecule has 0 amide bonds. The Hall–Kier alpha value is -0.440. The van der Waals surface area contributed by atoms with Gasteiger partial charge < -0.3 is 4.74 Å². The van der Waals surface area contributed by atoms with E-state index in [4.69, 9.17) is 0 Å². The lowest BCUT2D eigenvalue weighted by Gasteiger charge is -2.00. The fraction of sp³-hybridized carbons (Fsp3) is 0.786. The van der Waals surface area contributed by atoms with Gasteiger partial charge in [-0.25, -0.2) is 4.79 Å². The van der Waals surface area contributed by atoms with Crippen molar-refractivity contribution in [2.45, 2.75) is 58.3 Å². The molecule has 0 saturated heterocycles. The molecule has 0 aromatic heterocycles. The maximum atomic E-state index is 10.7. The summed E-state index contributed by atoms with van der Waals surface area (Å²) in [7, 11) is 1.40. The third-order valence-corrected chi connectivity index (χ3v) is 3.47. The van der Waals surface area contributed by atoms with E-state index in [9.17, 15) is 4.79 Å². The number of hydrogen-bond donors (Lipinski definition) is 0. The number of carbonyl (C=O) groups is 1. The highest BCUT2D eigenvalue weighted by Crippen LogP contribution is 2.11. The Morgan fingerprint density at radius 3 is 2.24 bits per heavy atom. The molecule has 0 unspecified atom stereocenters. The SMILES string of the molecule is CCCCCCCCCCS/C=C/C(=O)OC. The minimum atomic E-state index is -0.270. The number of hydrogen-bond acceptors (Lipinski definition) is 3. The molecule has 0 aliphatic heterocycles. The molecule has 2 nitrogen and oxygen atoms in total. The first-order valence-electron chi connectivity index (χ1n) is 6.67. The molecule has 100 valence electrons. The van der Waals surface area contributed by atoms with Crippen LogP contribution in [0.3, 0.4) is 0 Å². The van der Waals surface area contributed by atoms with Gasteiger partial charge in [0.15, 0.2) is 0 Å². The molecule has 3 heteroatoms. The summed E-state index contributed by atoms with van der Waals surface area (Å²) in [5, 5.41) is 1.83. The van der Waals surface area contributed by atoms with E-state index < -0.39 is 0 Å². The Kier molecular flexibility index (Phi) is 13.3. The molecule has 0 heterocycles. The summed E-state index contributed by atoms with van der Waals surface area (Å²) in [5.74, 6) is 0.830. The highest BCUT2D eigenvalue weighted by Gasteiger charge is 1.92. The first-order chi connectivity index (χ1) is 8.31. The van der Waals surface area contributed by atoms with Crippen molar-refractivity contribution in [1.29, 1.82) is 0 Å². The zero-order valence-electron chi connectivity index (χ0n) is 11.2. The van der Waals surface area contributed by atoms with Crippen LogP contribution in [0.4, 0.5) is 0 Å². The van der Waals surface area contributed by atoms with E-state index in [0.717, 1.165) is 5.75 Å². The molecule has 0 aliphatic rings. The zero-order chi connectivity index (χ0) is 12.8. The third kappa shape index (κ3) is 13.5. The monoisotopic (exact) mass is 258 g/mol. The Morgan fingerprint density at radius 2 is 1.65 bits per heavy atom. The van der Waals surface area contributed by atoms with E-state index in [1.54, 1.807) is 11.8 Å². The average Bonchev–Trinajstić information content (AvgIpc) is 2.35. The fourth-order valence-corrected chi connectivity index (χ4v) is 2.27. The second kappa shape index (κ2) is 13.6. The van der Waals surface area contributed by atoms with E-state index in [1.165, 1.54) is 64.6 Å². The van der Waals surface area contributed by atoms with Crippen LogP contribution in [0.5, 0.6) is 0 Å². The van der Waals surface area contributed by atoms with Crippen molar-refractivity contribution < 1.29 is 9.53 Å². The molecule has 0 aromatic carbocycles. The summed E-state index contributed by atoms with van der Waals surface area (Å²) in [6.45, 7) is 2.25. The van der Waals surface area contributed by atoms with Gasteiger partial charge in [0.25, 0.3) is 0 Å². The Bertz CT molecular complexity index is 202. The molecule has 0 aliphatic carbocycles. The molecule has 0 aromatic rings. The van der Waals surface area contributed by atoms with E-state index >= 15 is 0 Å². The molecular formula is C14H26O2S. The summed E-state index contributed by atoms with van der Waals surface area (Å²) in [4.78, 5) is 10.7. The number of unbranched alkanes of at least 4 members (excludes halogenated alkanes) is 7. The zero-order valence-corrected chi connectivity index (χ0v) is 12.1. The van der Waals surface area contributed by atoms with Crippen LogP contribution in [0.15, 0.2) is 11.5 Å². The number of rotatable bonds is 11. The Labute approximate surface area is 110 Å². The van der Waals surface area contributed by atoms with Crippen LogP contribution in [0.25, 0.3) is 0 Å². The second-order valence-corrected chi connectivity index (χ2v) is 5.19. The predicted molar refractivity (Wildman–Crippen MR) is 76.2 cm³/mol. The molecule has 0 atom stereocenters. The summed E-state index contributed by atoms with van der Waals surface area (Å²) in [6, 6.07) is 0. The van der Waals surface area contributed by atoms with Crippen LogP contribution < -0.4 is 0 Å². The number of ether oxygens (including phenoxy) is 1. The normalized spacial score (nSPS) is 10.9. The number of thioether (sulfide) groups is 1. The van der Waals surface area contributed by atoms with Crippen LogP contribution in [-0.2, 0) is 9.53 Å². The minimum Gasteiger partial charge on any atom is -0.466 e. The van der Waals surface area contributed by atoms with Gasteiger partial charge in [-0.1, -0.05) is 51.9 Å². The maximum absolute atomic E-state index is 10.7. The molecule has 0 bridgehead atoms. The van der Waals surface area contributed by atoms with Gasteiger partial charge in [0.1, 0.15) is 0 Å². The molecule has 0 radical (unpaired) electrons. The lowest BCUT2D eigenvalue weighted by molar-refractivity contribution is -0.134. The second-order valence-electron chi connectivity index (χ2n) is 4.17. The molecule has 0 N–H and O–H groups in total. The van der Waals surface area contributed by atoms with Gasteiger partial charge >= 0.3 is 5.97 Å². The molecular weight excluding hydrogens is 232 g/mol. The lowest BCUT2D eigenvalue weighted by Crippen LogP contribution is -1.92. The van der Waals surface area contributed by atoms with Crippen molar-refractivity contribution in [2.24, 2.45) is 0 Å². The highest BCUT2D eigenvalue weighted by molar-refractivity contribution is 8.02. The van der Waals surface area contributed by atoms with Gasteiger partial charge in [0.05, 0.1) is 7.11 Å². The molecule has 0 saturated carbocycles. The van der Waals surface area contributed by atoms with Crippen molar-refractivity contribution in [3.05, 3.63) is 11.5 Å². The van der Waals surface area contributed by atoms with Crippen LogP contribution in [0.1, 0.15) is 58.3 Å². The fourth-order valence-electron chi connectivity index (χ4n) is 1.56. The van der Waals surface area contributed by atoms with E-state index in [0.29, 0.717) is 0 Å². The first kappa shape index (κ1) is 16.6. The largest absolute Gasteiger partial charge is 0.466 e. The smallest absolute Gasteiger partial charge is 0.330 e. The topological polar surface area (TPSA) is 26.3 Å². The van der Waals surface area contributed by atoms with Gasteiger partial charge in [0.2, 0.25) is 0 Å².